The average Bonchev–Trinajstić information content (AvgIpc) is 3.03. The van der Waals surface area contributed by atoms with Gasteiger partial charge in [0.05, 0.1) is 0 Å². The minimum Gasteiger partial charge on any atom is -0.354 e. The number of likely N-dealkylation sites (tertiary alicyclic amines) is 1. The second kappa shape index (κ2) is 7.62. The lowest BCUT2D eigenvalue weighted by atomic mass is 9.92. The van der Waals surface area contributed by atoms with Crippen LogP contribution in [-0.4, -0.2) is 51.2 Å². The predicted octanol–water partition coefficient (Wildman–Crippen LogP) is 4.01. The van der Waals surface area contributed by atoms with Crippen LogP contribution in [0.15, 0.2) is 30.3 Å². The molecular weight excluding hydrogens is 383 g/mol. The SMILES string of the molecule is C[C@@H]1CCN(Cc2ccccc2)C[C@@H]1N(C)c1nc(Cl)nc2[nH]nc(Cl)c12. The van der Waals surface area contributed by atoms with Crippen LogP contribution in [0, 0.1) is 5.92 Å². The van der Waals surface area contributed by atoms with Gasteiger partial charge in [-0.15, -0.1) is 0 Å². The Bertz CT molecular complexity index is 929. The summed E-state index contributed by atoms with van der Waals surface area (Å²) in [6.45, 7) is 5.28. The number of aromatic amines is 1. The first kappa shape index (κ1) is 18.5. The number of fused-ring (bicyclic) bond motifs is 1. The van der Waals surface area contributed by atoms with E-state index in [2.05, 4.69) is 74.3 Å². The third kappa shape index (κ3) is 3.74. The number of nitrogens with zero attached hydrogens (tertiary/aromatic N) is 5. The van der Waals surface area contributed by atoms with Gasteiger partial charge in [-0.1, -0.05) is 48.9 Å². The Labute approximate surface area is 168 Å². The van der Waals surface area contributed by atoms with Gasteiger partial charge in [0.2, 0.25) is 5.28 Å². The van der Waals surface area contributed by atoms with Crippen molar-refractivity contribution in [2.45, 2.75) is 25.9 Å². The van der Waals surface area contributed by atoms with Gasteiger partial charge < -0.3 is 4.90 Å². The fourth-order valence-electron chi connectivity index (χ4n) is 3.87. The van der Waals surface area contributed by atoms with Gasteiger partial charge in [0.15, 0.2) is 10.8 Å². The first-order chi connectivity index (χ1) is 13.0. The number of nitrogens with one attached hydrogen (secondary N) is 1. The van der Waals surface area contributed by atoms with Crippen LogP contribution in [0.5, 0.6) is 0 Å². The number of H-pyrrole nitrogens is 1. The Kier molecular flexibility index (Phi) is 5.21. The van der Waals surface area contributed by atoms with E-state index in [0.29, 0.717) is 22.8 Å². The number of likely N-dealkylation sites (N-methyl/N-ethyl adjacent to an activating group) is 1. The molecule has 1 N–H and O–H groups in total. The van der Waals surface area contributed by atoms with Crippen molar-refractivity contribution >= 4 is 40.1 Å². The Morgan fingerprint density at radius 3 is 2.78 bits per heavy atom. The summed E-state index contributed by atoms with van der Waals surface area (Å²) in [7, 11) is 2.05. The van der Waals surface area contributed by atoms with Crippen LogP contribution in [0.25, 0.3) is 11.0 Å². The summed E-state index contributed by atoms with van der Waals surface area (Å²) in [4.78, 5) is 13.3. The van der Waals surface area contributed by atoms with Crippen molar-refractivity contribution in [1.82, 2.24) is 25.1 Å². The highest BCUT2D eigenvalue weighted by Gasteiger charge is 2.31. The molecule has 0 spiro atoms. The topological polar surface area (TPSA) is 60.9 Å². The van der Waals surface area contributed by atoms with Crippen LogP contribution >= 0.6 is 23.2 Å². The van der Waals surface area contributed by atoms with E-state index in [4.69, 9.17) is 23.2 Å². The maximum absolute atomic E-state index is 6.28. The molecule has 2 atom stereocenters. The lowest BCUT2D eigenvalue weighted by Crippen LogP contribution is -2.51. The van der Waals surface area contributed by atoms with Gasteiger partial charge in [-0.25, -0.2) is 0 Å². The Morgan fingerprint density at radius 1 is 1.22 bits per heavy atom. The van der Waals surface area contributed by atoms with Gasteiger partial charge in [-0.05, 0) is 36.0 Å². The van der Waals surface area contributed by atoms with Crippen molar-refractivity contribution in [3.63, 3.8) is 0 Å². The normalized spacial score (nSPS) is 20.9. The summed E-state index contributed by atoms with van der Waals surface area (Å²) >= 11 is 12.4. The Balaban J connectivity index is 1.60. The maximum atomic E-state index is 6.28. The maximum Gasteiger partial charge on any atom is 0.226 e. The zero-order valence-corrected chi connectivity index (χ0v) is 16.9. The number of hydrogen-bond donors (Lipinski definition) is 1. The first-order valence-electron chi connectivity index (χ1n) is 9.09. The molecule has 27 heavy (non-hydrogen) atoms. The molecule has 1 fully saturated rings. The van der Waals surface area contributed by atoms with Crippen LogP contribution in [0.1, 0.15) is 18.9 Å². The highest BCUT2D eigenvalue weighted by molar-refractivity contribution is 6.35. The Hall–Kier alpha value is -1.89. The third-order valence-electron chi connectivity index (χ3n) is 5.41. The molecule has 4 rings (SSSR count). The number of piperidine rings is 1. The molecule has 0 aliphatic carbocycles. The summed E-state index contributed by atoms with van der Waals surface area (Å²) in [6.07, 6.45) is 1.13. The molecule has 0 unspecified atom stereocenters. The minimum atomic E-state index is 0.189. The molecule has 0 amide bonds. The summed E-state index contributed by atoms with van der Waals surface area (Å²) in [5.41, 5.74) is 1.89. The second-order valence-corrected chi connectivity index (χ2v) is 7.92. The van der Waals surface area contributed by atoms with Gasteiger partial charge in [-0.2, -0.15) is 15.1 Å². The molecule has 3 heterocycles. The summed E-state index contributed by atoms with van der Waals surface area (Å²) in [5, 5.41) is 8.16. The monoisotopic (exact) mass is 404 g/mol. The minimum absolute atomic E-state index is 0.189. The van der Waals surface area contributed by atoms with Crippen molar-refractivity contribution in [2.75, 3.05) is 25.0 Å². The fourth-order valence-corrected chi connectivity index (χ4v) is 4.25. The largest absolute Gasteiger partial charge is 0.354 e. The van der Waals surface area contributed by atoms with E-state index in [1.54, 1.807) is 0 Å². The number of halogens is 2. The third-order valence-corrected chi connectivity index (χ3v) is 5.85. The number of benzene rings is 1. The molecule has 0 saturated carbocycles. The molecule has 142 valence electrons. The molecule has 1 aliphatic heterocycles. The van der Waals surface area contributed by atoms with Crippen molar-refractivity contribution in [3.8, 4) is 0 Å². The number of anilines is 1. The van der Waals surface area contributed by atoms with Crippen molar-refractivity contribution in [1.29, 1.82) is 0 Å². The highest BCUT2D eigenvalue weighted by Crippen LogP contribution is 2.33. The van der Waals surface area contributed by atoms with Gasteiger partial charge in [-0.3, -0.25) is 10.00 Å². The average molecular weight is 405 g/mol. The van der Waals surface area contributed by atoms with Crippen LogP contribution < -0.4 is 4.90 Å². The quantitative estimate of drug-likeness (QED) is 0.665. The lowest BCUT2D eigenvalue weighted by Gasteiger charge is -2.42. The van der Waals surface area contributed by atoms with Gasteiger partial charge in [0.25, 0.3) is 0 Å². The van der Waals surface area contributed by atoms with Crippen LogP contribution in [0.2, 0.25) is 10.4 Å². The molecular formula is C19H22Cl2N6. The summed E-state index contributed by atoms with van der Waals surface area (Å²) in [6, 6.07) is 10.9. The lowest BCUT2D eigenvalue weighted by molar-refractivity contribution is 0.159. The number of rotatable bonds is 4. The number of hydrogen-bond acceptors (Lipinski definition) is 5. The second-order valence-electron chi connectivity index (χ2n) is 7.22. The van der Waals surface area contributed by atoms with Gasteiger partial charge >= 0.3 is 0 Å². The van der Waals surface area contributed by atoms with E-state index < -0.39 is 0 Å². The van der Waals surface area contributed by atoms with Gasteiger partial charge in [0.1, 0.15) is 11.2 Å². The van der Waals surface area contributed by atoms with E-state index in [0.717, 1.165) is 37.3 Å². The van der Waals surface area contributed by atoms with E-state index in [-0.39, 0.29) is 5.28 Å². The molecule has 1 saturated heterocycles. The predicted molar refractivity (Wildman–Crippen MR) is 109 cm³/mol. The molecule has 3 aromatic rings. The van der Waals surface area contributed by atoms with E-state index >= 15 is 0 Å². The molecule has 6 nitrogen and oxygen atoms in total. The Morgan fingerprint density at radius 2 is 2.00 bits per heavy atom. The highest BCUT2D eigenvalue weighted by atomic mass is 35.5. The van der Waals surface area contributed by atoms with E-state index in [1.165, 1.54) is 5.56 Å². The number of aromatic nitrogens is 4. The van der Waals surface area contributed by atoms with E-state index in [9.17, 15) is 0 Å². The molecule has 0 bridgehead atoms. The standard InChI is InChI=1S/C19H22Cl2N6/c1-12-8-9-27(10-13-6-4-3-5-7-13)11-14(12)26(2)18-15-16(20)24-25-17(15)22-19(21)23-18/h3-7,12,14H,8-11H2,1-2H3,(H,22,23,24,25)/t12-,14+/m1/s1. The first-order valence-corrected chi connectivity index (χ1v) is 9.84. The summed E-state index contributed by atoms with van der Waals surface area (Å²) < 4.78 is 0. The van der Waals surface area contributed by atoms with Crippen LogP contribution in [0.4, 0.5) is 5.82 Å². The molecule has 1 aliphatic rings. The van der Waals surface area contributed by atoms with Crippen molar-refractivity contribution in [2.24, 2.45) is 5.92 Å². The van der Waals surface area contributed by atoms with Crippen molar-refractivity contribution in [3.05, 3.63) is 46.3 Å². The molecule has 1 aromatic carbocycles. The smallest absolute Gasteiger partial charge is 0.226 e. The molecule has 2 aromatic heterocycles. The van der Waals surface area contributed by atoms with Crippen molar-refractivity contribution < 1.29 is 0 Å². The zero-order valence-electron chi connectivity index (χ0n) is 15.4. The fraction of sp³-hybridized carbons (Fsp3) is 0.421. The van der Waals surface area contributed by atoms with Crippen LogP contribution in [0.3, 0.4) is 0 Å². The summed E-state index contributed by atoms with van der Waals surface area (Å²) in [5.74, 6) is 1.25. The molecule has 0 radical (unpaired) electrons. The zero-order chi connectivity index (χ0) is 19.0. The van der Waals surface area contributed by atoms with Gasteiger partial charge in [0, 0.05) is 26.2 Å². The molecule has 8 heteroatoms. The van der Waals surface area contributed by atoms with Crippen LogP contribution in [-0.2, 0) is 6.54 Å². The van der Waals surface area contributed by atoms with E-state index in [1.807, 2.05) is 0 Å².